The van der Waals surface area contributed by atoms with Crippen LogP contribution in [0.1, 0.15) is 30.2 Å². The molecule has 0 saturated heterocycles. The molecule has 96 valence electrons. The molecule has 4 nitrogen and oxygen atoms in total. The van der Waals surface area contributed by atoms with Gasteiger partial charge in [-0.3, -0.25) is 4.90 Å². The van der Waals surface area contributed by atoms with Crippen molar-refractivity contribution in [2.24, 2.45) is 0 Å². The van der Waals surface area contributed by atoms with Crippen LogP contribution in [-0.4, -0.2) is 28.6 Å². The van der Waals surface area contributed by atoms with E-state index in [1.165, 1.54) is 5.56 Å². The first-order valence-corrected chi connectivity index (χ1v) is 6.21. The molecule has 1 aromatic carbocycles. The molecule has 0 bridgehead atoms. The van der Waals surface area contributed by atoms with Gasteiger partial charge in [0.05, 0.1) is 6.04 Å². The Bertz CT molecular complexity index is 481. The Morgan fingerprint density at radius 1 is 1.28 bits per heavy atom. The predicted molar refractivity (Wildman–Crippen MR) is 70.2 cm³/mol. The third-order valence-corrected chi connectivity index (χ3v) is 3.16. The summed E-state index contributed by atoms with van der Waals surface area (Å²) in [6.07, 6.45) is 1.02. The molecule has 1 atom stereocenters. The van der Waals surface area contributed by atoms with Crippen LogP contribution in [-0.2, 0) is 6.42 Å². The Morgan fingerprint density at radius 3 is 2.61 bits per heavy atom. The van der Waals surface area contributed by atoms with Gasteiger partial charge in [-0.1, -0.05) is 35.5 Å². The van der Waals surface area contributed by atoms with E-state index in [1.807, 2.05) is 13.0 Å². The van der Waals surface area contributed by atoms with Gasteiger partial charge in [-0.15, -0.1) is 0 Å². The van der Waals surface area contributed by atoms with Crippen molar-refractivity contribution >= 4 is 0 Å². The van der Waals surface area contributed by atoms with E-state index in [4.69, 9.17) is 4.52 Å². The van der Waals surface area contributed by atoms with Crippen LogP contribution in [0.4, 0.5) is 0 Å². The highest BCUT2D eigenvalue weighted by Gasteiger charge is 2.17. The molecule has 0 aliphatic carbocycles. The number of rotatable bonds is 5. The molecule has 4 heteroatoms. The van der Waals surface area contributed by atoms with Crippen molar-refractivity contribution in [3.05, 3.63) is 47.6 Å². The average Bonchev–Trinajstić information content (AvgIpc) is 2.83. The van der Waals surface area contributed by atoms with E-state index in [1.54, 1.807) is 0 Å². The first-order valence-electron chi connectivity index (χ1n) is 6.21. The topological polar surface area (TPSA) is 42.2 Å². The van der Waals surface area contributed by atoms with Crippen LogP contribution < -0.4 is 0 Å². The van der Waals surface area contributed by atoms with Crippen LogP contribution >= 0.6 is 0 Å². The Morgan fingerprint density at radius 2 is 2.00 bits per heavy atom. The van der Waals surface area contributed by atoms with Gasteiger partial charge < -0.3 is 4.52 Å². The van der Waals surface area contributed by atoms with Gasteiger partial charge in [-0.25, -0.2) is 0 Å². The number of aryl methyl sites for hydroxylation is 1. The van der Waals surface area contributed by atoms with Crippen LogP contribution in [0, 0.1) is 6.92 Å². The maximum atomic E-state index is 5.20. The van der Waals surface area contributed by atoms with Gasteiger partial charge in [-0.2, -0.15) is 4.98 Å². The normalized spacial score (nSPS) is 12.9. The van der Waals surface area contributed by atoms with Crippen LogP contribution in [0.2, 0.25) is 0 Å². The van der Waals surface area contributed by atoms with Crippen molar-refractivity contribution in [1.82, 2.24) is 15.0 Å². The lowest BCUT2D eigenvalue weighted by atomic mass is 10.1. The van der Waals surface area contributed by atoms with Gasteiger partial charge in [-0.05, 0) is 32.9 Å². The lowest BCUT2D eigenvalue weighted by Gasteiger charge is -2.21. The second-order valence-electron chi connectivity index (χ2n) is 4.57. The first-order chi connectivity index (χ1) is 8.66. The molecule has 0 spiro atoms. The number of likely N-dealkylation sites (N-methyl/N-ethyl adjacent to an activating group) is 1. The van der Waals surface area contributed by atoms with Gasteiger partial charge in [0.2, 0.25) is 5.89 Å². The molecular weight excluding hydrogens is 226 g/mol. The summed E-state index contributed by atoms with van der Waals surface area (Å²) < 4.78 is 5.20. The minimum Gasteiger partial charge on any atom is -0.338 e. The predicted octanol–water partition coefficient (Wildman–Crippen LogP) is 2.61. The highest BCUT2D eigenvalue weighted by atomic mass is 16.5. The number of nitrogens with zero attached hydrogens (tertiary/aromatic N) is 3. The standard InChI is InChI=1S/C14H19N3O/c1-11(14-15-12(2)16-18-14)17(3)10-9-13-7-5-4-6-8-13/h4-8,11H,9-10H2,1-3H3/t11-/m1/s1. The molecule has 0 N–H and O–H groups in total. The summed E-state index contributed by atoms with van der Waals surface area (Å²) in [6.45, 7) is 4.88. The lowest BCUT2D eigenvalue weighted by molar-refractivity contribution is 0.211. The van der Waals surface area contributed by atoms with E-state index in [9.17, 15) is 0 Å². The number of aromatic nitrogens is 2. The minimum atomic E-state index is 0.148. The zero-order valence-electron chi connectivity index (χ0n) is 11.1. The molecular formula is C14H19N3O. The summed E-state index contributed by atoms with van der Waals surface area (Å²) in [5.41, 5.74) is 1.35. The Balaban J connectivity index is 1.90. The summed E-state index contributed by atoms with van der Waals surface area (Å²) >= 11 is 0. The number of hydrogen-bond acceptors (Lipinski definition) is 4. The van der Waals surface area contributed by atoms with Crippen LogP contribution in [0.15, 0.2) is 34.9 Å². The third-order valence-electron chi connectivity index (χ3n) is 3.16. The molecule has 0 fully saturated rings. The van der Waals surface area contributed by atoms with Crippen molar-refractivity contribution < 1.29 is 4.52 Å². The van der Waals surface area contributed by atoms with E-state index >= 15 is 0 Å². The molecule has 0 saturated carbocycles. The molecule has 18 heavy (non-hydrogen) atoms. The first kappa shape index (κ1) is 12.8. The summed E-state index contributed by atoms with van der Waals surface area (Å²) in [4.78, 5) is 6.49. The maximum Gasteiger partial charge on any atom is 0.243 e. The summed E-state index contributed by atoms with van der Waals surface area (Å²) in [5, 5.41) is 3.83. The SMILES string of the molecule is Cc1noc([C@@H](C)N(C)CCc2ccccc2)n1. The molecule has 0 radical (unpaired) electrons. The van der Waals surface area contributed by atoms with Gasteiger partial charge in [0, 0.05) is 6.54 Å². The lowest BCUT2D eigenvalue weighted by Crippen LogP contribution is -2.25. The summed E-state index contributed by atoms with van der Waals surface area (Å²) in [6, 6.07) is 10.6. The quantitative estimate of drug-likeness (QED) is 0.812. The van der Waals surface area contributed by atoms with Crippen molar-refractivity contribution in [2.45, 2.75) is 26.3 Å². The van der Waals surface area contributed by atoms with Crippen molar-refractivity contribution in [2.75, 3.05) is 13.6 Å². The highest BCUT2D eigenvalue weighted by molar-refractivity contribution is 5.14. The van der Waals surface area contributed by atoms with E-state index in [2.05, 4.69) is 53.3 Å². The highest BCUT2D eigenvalue weighted by Crippen LogP contribution is 2.16. The zero-order valence-corrected chi connectivity index (χ0v) is 11.1. The van der Waals surface area contributed by atoms with Gasteiger partial charge >= 0.3 is 0 Å². The van der Waals surface area contributed by atoms with E-state index in [0.29, 0.717) is 11.7 Å². The zero-order chi connectivity index (χ0) is 13.0. The fraction of sp³-hybridized carbons (Fsp3) is 0.429. The fourth-order valence-electron chi connectivity index (χ4n) is 1.82. The van der Waals surface area contributed by atoms with Crippen molar-refractivity contribution in [3.63, 3.8) is 0 Å². The average molecular weight is 245 g/mol. The van der Waals surface area contributed by atoms with Gasteiger partial charge in [0.15, 0.2) is 5.82 Å². The number of hydrogen-bond donors (Lipinski definition) is 0. The van der Waals surface area contributed by atoms with Crippen LogP contribution in [0.3, 0.4) is 0 Å². The summed E-state index contributed by atoms with van der Waals surface area (Å²) in [7, 11) is 2.08. The molecule has 0 aliphatic rings. The second kappa shape index (κ2) is 5.78. The van der Waals surface area contributed by atoms with E-state index in [0.717, 1.165) is 13.0 Å². The minimum absolute atomic E-state index is 0.148. The second-order valence-corrected chi connectivity index (χ2v) is 4.57. The molecule has 2 rings (SSSR count). The Hall–Kier alpha value is -1.68. The summed E-state index contributed by atoms with van der Waals surface area (Å²) in [5.74, 6) is 1.37. The maximum absolute atomic E-state index is 5.20. The Labute approximate surface area is 108 Å². The fourth-order valence-corrected chi connectivity index (χ4v) is 1.82. The largest absolute Gasteiger partial charge is 0.338 e. The monoisotopic (exact) mass is 245 g/mol. The Kier molecular flexibility index (Phi) is 4.10. The molecule has 0 unspecified atom stereocenters. The number of benzene rings is 1. The molecule has 1 heterocycles. The van der Waals surface area contributed by atoms with Crippen LogP contribution in [0.5, 0.6) is 0 Å². The molecule has 0 aliphatic heterocycles. The van der Waals surface area contributed by atoms with Crippen LogP contribution in [0.25, 0.3) is 0 Å². The van der Waals surface area contributed by atoms with Gasteiger partial charge in [0.1, 0.15) is 0 Å². The molecule has 0 amide bonds. The van der Waals surface area contributed by atoms with Crippen molar-refractivity contribution in [3.8, 4) is 0 Å². The van der Waals surface area contributed by atoms with Crippen molar-refractivity contribution in [1.29, 1.82) is 0 Å². The van der Waals surface area contributed by atoms with Gasteiger partial charge in [0.25, 0.3) is 0 Å². The van der Waals surface area contributed by atoms with E-state index < -0.39 is 0 Å². The third kappa shape index (κ3) is 3.17. The molecule has 2 aromatic rings. The smallest absolute Gasteiger partial charge is 0.243 e. The molecule has 1 aromatic heterocycles. The van der Waals surface area contributed by atoms with E-state index in [-0.39, 0.29) is 6.04 Å².